The van der Waals surface area contributed by atoms with Gasteiger partial charge in [-0.25, -0.2) is 27.5 Å². The van der Waals surface area contributed by atoms with E-state index in [4.69, 9.17) is 0 Å². The van der Waals surface area contributed by atoms with Crippen LogP contribution < -0.4 is 11.1 Å². The molecule has 4 heterocycles. The zero-order valence-electron chi connectivity index (χ0n) is 17.7. The molecule has 0 atom stereocenters. The number of rotatable bonds is 0. The van der Waals surface area contributed by atoms with Crippen molar-refractivity contribution in [1.29, 1.82) is 0 Å². The zero-order valence-corrected chi connectivity index (χ0v) is 17.7. The summed E-state index contributed by atoms with van der Waals surface area (Å²) < 4.78 is 57.7. The highest BCUT2D eigenvalue weighted by atomic mass is 19.2. The van der Waals surface area contributed by atoms with Crippen LogP contribution in [0.2, 0.25) is 0 Å². The first kappa shape index (κ1) is 19.4. The molecule has 172 valence electrons. The van der Waals surface area contributed by atoms with Crippen LogP contribution in [-0.2, 0) is 0 Å². The molecule has 0 aliphatic carbocycles. The normalized spacial score (nSPS) is 12.7. The van der Waals surface area contributed by atoms with Crippen molar-refractivity contribution < 1.29 is 17.6 Å². The predicted molar refractivity (Wildman–Crippen MR) is 126 cm³/mol. The summed E-state index contributed by atoms with van der Waals surface area (Å²) in [7, 11) is 0. The summed E-state index contributed by atoms with van der Waals surface area (Å²) in [6, 6.07) is 10.4. The van der Waals surface area contributed by atoms with Crippen molar-refractivity contribution >= 4 is 65.7 Å². The van der Waals surface area contributed by atoms with E-state index in [9.17, 15) is 27.2 Å². The Morgan fingerprint density at radius 1 is 0.500 bits per heavy atom. The lowest BCUT2D eigenvalue weighted by Crippen LogP contribution is -2.06. The lowest BCUT2D eigenvalue weighted by molar-refractivity contribution is 0.510. The van der Waals surface area contributed by atoms with Crippen LogP contribution in [0.25, 0.3) is 65.7 Å². The first-order valence-electron chi connectivity index (χ1n) is 10.8. The minimum atomic E-state index is -1.09. The van der Waals surface area contributed by atoms with Gasteiger partial charge in [-0.05, 0) is 35.0 Å². The zero-order chi connectivity index (χ0) is 24.6. The summed E-state index contributed by atoms with van der Waals surface area (Å²) in [5.41, 5.74) is 0.224. The predicted octanol–water partition coefficient (Wildman–Crippen LogP) is 4.90. The Hall–Kier alpha value is -4.86. The standard InChI is InChI=1S/C26H8F4N4O2/c27-15-5-19-21(7-17(15)29)33-23(31-19)11-1-9-2-12-14(4-10(9)3-13(11)25(33)35)26(36)34-22-8-18(30)16(28)6-20(22)32-24(12)34/h1-8H. The average Bonchev–Trinajstić information content (AvgIpc) is 3.53. The summed E-state index contributed by atoms with van der Waals surface area (Å²) >= 11 is 0. The van der Waals surface area contributed by atoms with E-state index in [2.05, 4.69) is 9.97 Å². The molecule has 0 bridgehead atoms. The Labute approximate surface area is 194 Å². The van der Waals surface area contributed by atoms with Crippen LogP contribution in [0.3, 0.4) is 0 Å². The molecule has 0 unspecified atom stereocenters. The molecule has 0 fully saturated rings. The summed E-state index contributed by atoms with van der Waals surface area (Å²) in [4.78, 5) is 35.1. The molecule has 0 amide bonds. The van der Waals surface area contributed by atoms with Gasteiger partial charge in [-0.1, -0.05) is 0 Å². The SMILES string of the molecule is O=c1c2cc3cc4c(=O)n5c6cc(F)c(F)cc6nc5c4cc3cc2c2nc3cc(F)c(F)cc3n12. The molecule has 4 aromatic heterocycles. The van der Waals surface area contributed by atoms with Crippen LogP contribution in [0.1, 0.15) is 0 Å². The van der Waals surface area contributed by atoms with E-state index in [0.29, 0.717) is 32.3 Å². The smallest absolute Gasteiger partial charge is 0.264 e. The van der Waals surface area contributed by atoms with Crippen LogP contribution in [0.4, 0.5) is 17.6 Å². The van der Waals surface area contributed by atoms with Gasteiger partial charge in [0.15, 0.2) is 23.3 Å². The van der Waals surface area contributed by atoms with Crippen LogP contribution in [0.15, 0.2) is 58.1 Å². The number of fused-ring (bicyclic) bond motifs is 11. The van der Waals surface area contributed by atoms with E-state index in [1.54, 1.807) is 24.3 Å². The second-order valence-corrected chi connectivity index (χ2v) is 8.80. The number of benzene rings is 4. The van der Waals surface area contributed by atoms with E-state index < -0.39 is 34.4 Å². The van der Waals surface area contributed by atoms with Gasteiger partial charge in [0.25, 0.3) is 11.1 Å². The maximum Gasteiger partial charge on any atom is 0.264 e. The van der Waals surface area contributed by atoms with Crippen molar-refractivity contribution in [2.45, 2.75) is 0 Å². The van der Waals surface area contributed by atoms with Crippen molar-refractivity contribution in [1.82, 2.24) is 18.8 Å². The summed E-state index contributed by atoms with van der Waals surface area (Å²) in [6.45, 7) is 0. The molecule has 36 heavy (non-hydrogen) atoms. The Morgan fingerprint density at radius 2 is 0.861 bits per heavy atom. The topological polar surface area (TPSA) is 68.7 Å². The number of hydrogen-bond acceptors (Lipinski definition) is 4. The highest BCUT2D eigenvalue weighted by Gasteiger charge is 2.21. The number of aromatic nitrogens is 4. The van der Waals surface area contributed by atoms with Gasteiger partial charge in [-0.2, -0.15) is 0 Å². The molecule has 10 heteroatoms. The molecule has 4 aromatic carbocycles. The molecule has 8 aromatic rings. The van der Waals surface area contributed by atoms with Crippen molar-refractivity contribution in [3.63, 3.8) is 0 Å². The third-order valence-electron chi connectivity index (χ3n) is 6.85. The molecule has 6 nitrogen and oxygen atoms in total. The molecule has 0 spiro atoms. The monoisotopic (exact) mass is 484 g/mol. The first-order chi connectivity index (χ1) is 17.3. The Bertz CT molecular complexity index is 2250. The number of hydrogen-bond donors (Lipinski definition) is 0. The Kier molecular flexibility index (Phi) is 3.26. The molecule has 0 saturated carbocycles. The molecule has 8 rings (SSSR count). The Balaban J connectivity index is 1.51. The second-order valence-electron chi connectivity index (χ2n) is 8.80. The summed E-state index contributed by atoms with van der Waals surface area (Å²) in [5, 5.41) is 2.82. The van der Waals surface area contributed by atoms with Crippen LogP contribution >= 0.6 is 0 Å². The highest BCUT2D eigenvalue weighted by Crippen LogP contribution is 2.32. The number of nitrogens with zero attached hydrogens (tertiary/aromatic N) is 4. The molecular formula is C26H8F4N4O2. The molecule has 0 aliphatic rings. The van der Waals surface area contributed by atoms with E-state index >= 15 is 0 Å². The van der Waals surface area contributed by atoms with E-state index in [1.807, 2.05) is 0 Å². The maximum absolute atomic E-state index is 13.9. The fourth-order valence-electron chi connectivity index (χ4n) is 5.23. The van der Waals surface area contributed by atoms with Crippen molar-refractivity contribution in [3.05, 3.63) is 92.5 Å². The Morgan fingerprint density at radius 3 is 1.28 bits per heavy atom. The van der Waals surface area contributed by atoms with Crippen molar-refractivity contribution in [3.8, 4) is 0 Å². The van der Waals surface area contributed by atoms with Gasteiger partial charge in [-0.3, -0.25) is 18.4 Å². The third kappa shape index (κ3) is 2.17. The lowest BCUT2D eigenvalue weighted by atomic mass is 10.0. The molecule has 0 saturated heterocycles. The van der Waals surface area contributed by atoms with Gasteiger partial charge in [-0.15, -0.1) is 0 Å². The van der Waals surface area contributed by atoms with Gasteiger partial charge in [0.05, 0.1) is 32.8 Å². The van der Waals surface area contributed by atoms with E-state index in [1.165, 1.54) is 8.80 Å². The first-order valence-corrected chi connectivity index (χ1v) is 10.8. The second kappa shape index (κ2) is 6.03. The number of halogens is 4. The molecule has 0 radical (unpaired) electrons. The fraction of sp³-hybridized carbons (Fsp3) is 0. The quantitative estimate of drug-likeness (QED) is 0.287. The van der Waals surface area contributed by atoms with Gasteiger partial charge in [0.2, 0.25) is 0 Å². The number of imidazole rings is 2. The average molecular weight is 484 g/mol. The van der Waals surface area contributed by atoms with Crippen LogP contribution in [0, 0.1) is 23.3 Å². The minimum Gasteiger partial charge on any atom is -0.268 e. The van der Waals surface area contributed by atoms with Crippen molar-refractivity contribution in [2.24, 2.45) is 0 Å². The van der Waals surface area contributed by atoms with Gasteiger partial charge in [0, 0.05) is 35.0 Å². The summed E-state index contributed by atoms with van der Waals surface area (Å²) in [5.74, 6) is -4.30. The maximum atomic E-state index is 13.9. The third-order valence-corrected chi connectivity index (χ3v) is 6.85. The highest BCUT2D eigenvalue weighted by molar-refractivity contribution is 6.12. The van der Waals surface area contributed by atoms with Gasteiger partial charge >= 0.3 is 0 Å². The fourth-order valence-corrected chi connectivity index (χ4v) is 5.23. The van der Waals surface area contributed by atoms with Crippen LogP contribution in [-0.4, -0.2) is 18.8 Å². The van der Waals surface area contributed by atoms with E-state index in [0.717, 1.165) is 24.3 Å². The lowest BCUT2D eigenvalue weighted by Gasteiger charge is -1.99. The van der Waals surface area contributed by atoms with E-state index in [-0.39, 0.29) is 33.4 Å². The van der Waals surface area contributed by atoms with Crippen LogP contribution in [0.5, 0.6) is 0 Å². The van der Waals surface area contributed by atoms with Gasteiger partial charge < -0.3 is 0 Å². The van der Waals surface area contributed by atoms with Gasteiger partial charge in [0.1, 0.15) is 11.3 Å². The molecular weight excluding hydrogens is 476 g/mol. The largest absolute Gasteiger partial charge is 0.268 e. The minimum absolute atomic E-state index is 0.149. The molecule has 0 aliphatic heterocycles. The van der Waals surface area contributed by atoms with Crippen molar-refractivity contribution in [2.75, 3.05) is 0 Å². The molecule has 0 N–H and O–H groups in total. The summed E-state index contributed by atoms with van der Waals surface area (Å²) in [6.07, 6.45) is 0.